The number of rotatable bonds is 4. The zero-order valence-electron chi connectivity index (χ0n) is 12.5. The number of benzene rings is 1. The maximum Gasteiger partial charge on any atom is 0.286 e. The lowest BCUT2D eigenvalue weighted by Crippen LogP contribution is -2.41. The van der Waals surface area contributed by atoms with Crippen molar-refractivity contribution in [1.82, 2.24) is 25.6 Å². The van der Waals surface area contributed by atoms with Crippen molar-refractivity contribution in [2.24, 2.45) is 0 Å². The third-order valence-corrected chi connectivity index (χ3v) is 3.69. The number of halogens is 1. The van der Waals surface area contributed by atoms with Gasteiger partial charge in [-0.3, -0.25) is 25.1 Å². The van der Waals surface area contributed by atoms with Crippen molar-refractivity contribution in [1.29, 1.82) is 0 Å². The number of carbonyl (C=O) groups is 2. The lowest BCUT2D eigenvalue weighted by Gasteiger charge is -2.05. The molecule has 7 nitrogen and oxygen atoms in total. The SMILES string of the molecule is O=C(NNC(=O)c1ccc[nH]1)c1cnn(Cc2ccccc2Cl)c1. The molecule has 122 valence electrons. The van der Waals surface area contributed by atoms with Crippen LogP contribution in [0.3, 0.4) is 0 Å². The van der Waals surface area contributed by atoms with Crippen LogP contribution in [0.4, 0.5) is 0 Å². The molecule has 1 aromatic carbocycles. The molecule has 0 fully saturated rings. The molecule has 3 rings (SSSR count). The number of nitrogens with one attached hydrogen (secondary N) is 3. The Labute approximate surface area is 142 Å². The predicted octanol–water partition coefficient (Wildman–Crippen LogP) is 1.99. The molecule has 2 amide bonds. The van der Waals surface area contributed by atoms with Crippen LogP contribution in [0.25, 0.3) is 0 Å². The van der Waals surface area contributed by atoms with Crippen molar-refractivity contribution in [2.75, 3.05) is 0 Å². The zero-order valence-corrected chi connectivity index (χ0v) is 13.2. The van der Waals surface area contributed by atoms with Gasteiger partial charge in [0.05, 0.1) is 18.3 Å². The Morgan fingerprint density at radius 3 is 2.67 bits per heavy atom. The van der Waals surface area contributed by atoms with Gasteiger partial charge in [-0.25, -0.2) is 0 Å². The van der Waals surface area contributed by atoms with Crippen LogP contribution in [0.15, 0.2) is 55.0 Å². The van der Waals surface area contributed by atoms with E-state index < -0.39 is 11.8 Å². The molecule has 0 aliphatic rings. The third-order valence-electron chi connectivity index (χ3n) is 3.32. The van der Waals surface area contributed by atoms with Gasteiger partial charge in [-0.2, -0.15) is 5.10 Å². The zero-order chi connectivity index (χ0) is 16.9. The topological polar surface area (TPSA) is 91.8 Å². The van der Waals surface area contributed by atoms with Gasteiger partial charge in [-0.1, -0.05) is 29.8 Å². The number of aromatic nitrogens is 3. The van der Waals surface area contributed by atoms with Crippen LogP contribution in [0, 0.1) is 0 Å². The van der Waals surface area contributed by atoms with Crippen LogP contribution in [-0.4, -0.2) is 26.6 Å². The minimum atomic E-state index is -0.458. The monoisotopic (exact) mass is 343 g/mol. The number of hydrogen-bond acceptors (Lipinski definition) is 3. The summed E-state index contributed by atoms with van der Waals surface area (Å²) in [5.74, 6) is -0.892. The molecule has 3 N–H and O–H groups in total. The van der Waals surface area contributed by atoms with E-state index in [4.69, 9.17) is 11.6 Å². The number of carbonyl (C=O) groups excluding carboxylic acids is 2. The average Bonchev–Trinajstić information content (AvgIpc) is 3.26. The molecule has 0 bridgehead atoms. The summed E-state index contributed by atoms with van der Waals surface area (Å²) >= 11 is 6.11. The molecule has 0 aliphatic carbocycles. The quantitative estimate of drug-likeness (QED) is 0.632. The first kappa shape index (κ1) is 15.8. The summed E-state index contributed by atoms with van der Waals surface area (Å²) in [6.07, 6.45) is 4.63. The molecule has 0 unspecified atom stereocenters. The largest absolute Gasteiger partial charge is 0.357 e. The third kappa shape index (κ3) is 3.64. The van der Waals surface area contributed by atoms with Crippen LogP contribution in [0.5, 0.6) is 0 Å². The van der Waals surface area contributed by atoms with Crippen LogP contribution in [0.1, 0.15) is 26.4 Å². The molecule has 2 heterocycles. The van der Waals surface area contributed by atoms with Gasteiger partial charge in [0, 0.05) is 17.4 Å². The van der Waals surface area contributed by atoms with Crippen molar-refractivity contribution in [3.63, 3.8) is 0 Å². The highest BCUT2D eigenvalue weighted by Gasteiger charge is 2.12. The molecule has 0 saturated carbocycles. The van der Waals surface area contributed by atoms with Gasteiger partial charge in [0.1, 0.15) is 5.69 Å². The van der Waals surface area contributed by atoms with E-state index in [1.54, 1.807) is 35.3 Å². The Hall–Kier alpha value is -3.06. The van der Waals surface area contributed by atoms with Crippen molar-refractivity contribution < 1.29 is 9.59 Å². The lowest BCUT2D eigenvalue weighted by atomic mass is 10.2. The Kier molecular flexibility index (Phi) is 4.62. The molecule has 0 saturated heterocycles. The number of H-pyrrole nitrogens is 1. The summed E-state index contributed by atoms with van der Waals surface area (Å²) < 4.78 is 1.60. The number of hydrogen-bond donors (Lipinski definition) is 3. The van der Waals surface area contributed by atoms with Gasteiger partial charge in [0.2, 0.25) is 0 Å². The second-order valence-electron chi connectivity index (χ2n) is 5.01. The first-order valence-electron chi connectivity index (χ1n) is 7.13. The fraction of sp³-hybridized carbons (Fsp3) is 0.0625. The predicted molar refractivity (Wildman–Crippen MR) is 88.5 cm³/mol. The first-order valence-corrected chi connectivity index (χ1v) is 7.51. The normalized spacial score (nSPS) is 10.4. The van der Waals surface area contributed by atoms with E-state index in [0.29, 0.717) is 22.8 Å². The Bertz CT molecular complexity index is 857. The van der Waals surface area contributed by atoms with E-state index in [2.05, 4.69) is 20.9 Å². The number of aromatic amines is 1. The van der Waals surface area contributed by atoms with E-state index in [-0.39, 0.29) is 0 Å². The van der Waals surface area contributed by atoms with Crippen LogP contribution >= 0.6 is 11.6 Å². The molecule has 0 atom stereocenters. The highest BCUT2D eigenvalue weighted by molar-refractivity contribution is 6.31. The summed E-state index contributed by atoms with van der Waals surface area (Å²) in [5, 5.41) is 4.77. The minimum absolute atomic E-state index is 0.328. The summed E-state index contributed by atoms with van der Waals surface area (Å²) in [5.41, 5.74) is 6.24. The molecule has 0 radical (unpaired) electrons. The van der Waals surface area contributed by atoms with E-state index >= 15 is 0 Å². The first-order chi connectivity index (χ1) is 11.6. The highest BCUT2D eigenvalue weighted by atomic mass is 35.5. The van der Waals surface area contributed by atoms with Crippen LogP contribution < -0.4 is 10.9 Å². The molecule has 8 heteroatoms. The van der Waals surface area contributed by atoms with Gasteiger partial charge in [-0.05, 0) is 23.8 Å². The van der Waals surface area contributed by atoms with Gasteiger partial charge in [0.25, 0.3) is 11.8 Å². The molecule has 0 spiro atoms. The van der Waals surface area contributed by atoms with E-state index in [0.717, 1.165) is 5.56 Å². The number of hydrazine groups is 1. The minimum Gasteiger partial charge on any atom is -0.357 e. The standard InChI is InChI=1S/C16H14ClN5O2/c17-13-5-2-1-4-11(13)9-22-10-12(8-19-22)15(23)20-21-16(24)14-6-3-7-18-14/h1-8,10,18H,9H2,(H,20,23)(H,21,24). The maximum absolute atomic E-state index is 12.0. The maximum atomic E-state index is 12.0. The number of amides is 2. The fourth-order valence-electron chi connectivity index (χ4n) is 2.09. The van der Waals surface area contributed by atoms with Crippen molar-refractivity contribution in [2.45, 2.75) is 6.54 Å². The van der Waals surface area contributed by atoms with Gasteiger partial charge in [0.15, 0.2) is 0 Å². The Morgan fingerprint density at radius 1 is 1.12 bits per heavy atom. The molecular formula is C16H14ClN5O2. The van der Waals surface area contributed by atoms with Crippen molar-refractivity contribution in [3.05, 3.63) is 76.8 Å². The molecule has 3 aromatic rings. The molecule has 24 heavy (non-hydrogen) atoms. The van der Waals surface area contributed by atoms with Crippen LogP contribution in [0.2, 0.25) is 5.02 Å². The summed E-state index contributed by atoms with van der Waals surface area (Å²) in [6, 6.07) is 10.7. The lowest BCUT2D eigenvalue weighted by molar-refractivity contribution is 0.0844. The number of nitrogens with zero attached hydrogens (tertiary/aromatic N) is 2. The summed E-state index contributed by atoms with van der Waals surface area (Å²) in [7, 11) is 0. The van der Waals surface area contributed by atoms with E-state index in [1.165, 1.54) is 6.20 Å². The van der Waals surface area contributed by atoms with Crippen LogP contribution in [-0.2, 0) is 6.54 Å². The smallest absolute Gasteiger partial charge is 0.286 e. The van der Waals surface area contributed by atoms with E-state index in [9.17, 15) is 9.59 Å². The van der Waals surface area contributed by atoms with Gasteiger partial charge >= 0.3 is 0 Å². The summed E-state index contributed by atoms with van der Waals surface area (Å²) in [4.78, 5) is 26.5. The molecule has 0 aliphatic heterocycles. The van der Waals surface area contributed by atoms with E-state index in [1.807, 2.05) is 18.2 Å². The Balaban J connectivity index is 1.59. The fourth-order valence-corrected chi connectivity index (χ4v) is 2.29. The average molecular weight is 344 g/mol. The highest BCUT2D eigenvalue weighted by Crippen LogP contribution is 2.16. The second-order valence-corrected chi connectivity index (χ2v) is 5.42. The summed E-state index contributed by atoms with van der Waals surface area (Å²) in [6.45, 7) is 0.446. The van der Waals surface area contributed by atoms with Gasteiger partial charge < -0.3 is 4.98 Å². The van der Waals surface area contributed by atoms with Crippen molar-refractivity contribution >= 4 is 23.4 Å². The molecular weight excluding hydrogens is 330 g/mol. The van der Waals surface area contributed by atoms with Crippen molar-refractivity contribution in [3.8, 4) is 0 Å². The second kappa shape index (κ2) is 7.01. The Morgan fingerprint density at radius 2 is 1.92 bits per heavy atom. The molecule has 2 aromatic heterocycles. The van der Waals surface area contributed by atoms with Gasteiger partial charge in [-0.15, -0.1) is 0 Å².